The van der Waals surface area contributed by atoms with Gasteiger partial charge in [0.1, 0.15) is 17.8 Å². The lowest BCUT2D eigenvalue weighted by atomic mass is 9.67. The fourth-order valence-electron chi connectivity index (χ4n) is 12.6. The molecule has 1 saturated carbocycles. The lowest BCUT2D eigenvalue weighted by molar-refractivity contribution is -0.151. The number of nitrogens with one attached hydrogen (secondary N) is 2. The fourth-order valence-corrected chi connectivity index (χ4v) is 13.9. The van der Waals surface area contributed by atoms with Crippen molar-refractivity contribution in [2.24, 2.45) is 11.1 Å². The summed E-state index contributed by atoms with van der Waals surface area (Å²) >= 11 is 7.78. The number of ether oxygens (including phenoxy) is 3. The Balaban J connectivity index is 0.787. The molecule has 2 unspecified atom stereocenters. The third-order valence-corrected chi connectivity index (χ3v) is 19.3. The molecule has 89 heavy (non-hydrogen) atoms. The highest BCUT2D eigenvalue weighted by atomic mass is 35.5. The first-order valence-corrected chi connectivity index (χ1v) is 33.9. The van der Waals surface area contributed by atoms with Crippen LogP contribution in [-0.2, 0) is 51.1 Å². The molecule has 4 aromatic rings. The number of aliphatic hydroxyl groups is 1. The first-order valence-electron chi connectivity index (χ1n) is 30.5. The molecular formula is C63H79ClN7O16PS. The summed E-state index contributed by atoms with van der Waals surface area (Å²) in [6, 6.07) is 16.7. The number of carbonyl (C=O) groups excluding carboxylic acids is 8. The number of phosphoric acid groups is 1. The molecule has 5 atom stereocenters. The molecule has 23 nitrogen and oxygen atoms in total. The van der Waals surface area contributed by atoms with Crippen LogP contribution in [0.15, 0.2) is 66.7 Å². The third-order valence-electron chi connectivity index (χ3n) is 17.6. The normalized spacial score (nSPS) is 19.7. The maximum absolute atomic E-state index is 14.3. The van der Waals surface area contributed by atoms with E-state index >= 15 is 0 Å². The van der Waals surface area contributed by atoms with Crippen molar-refractivity contribution in [1.82, 2.24) is 20.4 Å². The van der Waals surface area contributed by atoms with Gasteiger partial charge in [-0.1, -0.05) is 55.0 Å². The smallest absolute Gasteiger partial charge is 0.493 e. The van der Waals surface area contributed by atoms with Gasteiger partial charge in [-0.3, -0.25) is 48.2 Å². The summed E-state index contributed by atoms with van der Waals surface area (Å²) < 4.78 is 34.8. The van der Waals surface area contributed by atoms with Crippen LogP contribution in [0, 0.1) is 5.41 Å². The molecule has 0 spiro atoms. The minimum absolute atomic E-state index is 0.0395. The van der Waals surface area contributed by atoms with E-state index in [0.717, 1.165) is 10.5 Å². The summed E-state index contributed by atoms with van der Waals surface area (Å²) in [5, 5.41) is 18.6. The van der Waals surface area contributed by atoms with Crippen LogP contribution in [0.1, 0.15) is 136 Å². The number of halogens is 1. The Bertz CT molecular complexity index is 3350. The van der Waals surface area contributed by atoms with E-state index in [9.17, 15) is 57.8 Å². The van der Waals surface area contributed by atoms with Crippen LogP contribution < -0.4 is 40.2 Å². The number of hydrogen-bond acceptors (Lipinski definition) is 16. The quantitative estimate of drug-likeness (QED) is 0.00975. The summed E-state index contributed by atoms with van der Waals surface area (Å²) in [6.07, 6.45) is 7.03. The minimum Gasteiger partial charge on any atom is -0.493 e. The molecule has 480 valence electrons. The van der Waals surface area contributed by atoms with Crippen LogP contribution in [0.25, 0.3) is 10.8 Å². The third kappa shape index (κ3) is 15.2. The van der Waals surface area contributed by atoms with E-state index in [0.29, 0.717) is 144 Å². The molecule has 7 N–H and O–H groups in total. The number of likely N-dealkylation sites (tertiary alicyclic amines) is 1. The number of thioether (sulfide) groups is 1. The number of fused-ring (bicyclic) bond motifs is 5. The number of ketones is 1. The van der Waals surface area contributed by atoms with Crippen molar-refractivity contribution in [2.45, 2.75) is 145 Å². The number of nitrogens with zero attached hydrogens (tertiary/aromatic N) is 4. The Kier molecular flexibility index (Phi) is 22.4. The lowest BCUT2D eigenvalue weighted by Gasteiger charge is -2.39. The fraction of sp³-hybridized carbons (Fsp3) is 0.524. The van der Waals surface area contributed by atoms with Crippen molar-refractivity contribution in [3.05, 3.63) is 89.0 Å². The Hall–Kier alpha value is -6.79. The number of alkyl halides is 1. The van der Waals surface area contributed by atoms with Gasteiger partial charge < -0.3 is 50.0 Å². The molecule has 4 heterocycles. The molecule has 0 radical (unpaired) electrons. The van der Waals surface area contributed by atoms with Gasteiger partial charge >= 0.3 is 13.9 Å². The standard InChI is InChI=1S/C63H79ClN7O16PS/c1-84-51-32-44-47(33-52(51)85-30-12-3-5-19-54(73)70-37-41(36-64)56-43-16-7-6-15-42(43)50(34-48(56)70)87-88(81,82)83)71(58(76)46-18-13-29-68(46)57(44)75)62(80)86-38-40-22-20-39(21-23-40)31-49(72)45(17-8-9-26-65)67-61(79)63(24-14-25-63)60(78)66-27-10-4-11-28-69-55(74)35-53(89-2)59(69)77/h6-7,15-16,20-23,32-34,41,45-46,53,58,76H,3-5,8-14,17-19,24-31,35-38,65H2,1-2H3,(H,66,78)(H,67,79)(H2,81,82,83)/t41-,45+,46+,53?,58?/m1/s1. The minimum atomic E-state index is -4.93. The summed E-state index contributed by atoms with van der Waals surface area (Å²) in [4.78, 5) is 133. The Morgan fingerprint density at radius 3 is 2.28 bits per heavy atom. The maximum atomic E-state index is 14.3. The number of nitrogens with two attached hydrogens (primary N) is 1. The number of amides is 7. The number of anilines is 2. The molecule has 0 aromatic heterocycles. The molecule has 1 aliphatic carbocycles. The van der Waals surface area contributed by atoms with Gasteiger partial charge in [-0.2, -0.15) is 11.8 Å². The zero-order valence-electron chi connectivity index (χ0n) is 50.2. The monoisotopic (exact) mass is 1290 g/mol. The SMILES string of the molecule is COc1cc2c(cc1OCCCCCC(=O)N1C[C@@H](CCl)c3c1cc(OP(=O)(O)O)c1ccccc31)N(C(=O)OCc1ccc(CC(=O)[C@H](CCCCN)NC(=O)C3(C(=O)NCCCCCN4C(=O)CC(SC)C4=O)CCC3)cc1)C(O)[C@@H]1CCCN1C2=O. The van der Waals surface area contributed by atoms with Crippen LogP contribution in [-0.4, -0.2) is 154 Å². The number of unbranched alkanes of at least 4 members (excludes halogenated alkanes) is 5. The second kappa shape index (κ2) is 29.9. The van der Waals surface area contributed by atoms with E-state index in [1.54, 1.807) is 52.3 Å². The average Bonchev–Trinajstić information content (AvgIpc) is 1.77. The van der Waals surface area contributed by atoms with E-state index < -0.39 is 55.4 Å². The van der Waals surface area contributed by atoms with E-state index in [1.165, 1.54) is 42.0 Å². The predicted molar refractivity (Wildman–Crippen MR) is 334 cm³/mol. The molecule has 0 bridgehead atoms. The van der Waals surface area contributed by atoms with Gasteiger partial charge in [0.2, 0.25) is 29.5 Å². The summed E-state index contributed by atoms with van der Waals surface area (Å²) in [7, 11) is -3.51. The summed E-state index contributed by atoms with van der Waals surface area (Å²) in [5.41, 5.74) is 7.12. The number of phosphoric ester groups is 1. The van der Waals surface area contributed by atoms with Crippen molar-refractivity contribution < 1.29 is 76.5 Å². The number of imide groups is 1. The summed E-state index contributed by atoms with van der Waals surface area (Å²) in [6.45, 7) is 1.61. The van der Waals surface area contributed by atoms with Gasteiger partial charge in [0.15, 0.2) is 23.5 Å². The number of Topliss-reactive ketones (excluding diaryl/α,β-unsaturated/α-hetero) is 1. The van der Waals surface area contributed by atoms with Crippen LogP contribution in [0.5, 0.6) is 17.2 Å². The lowest BCUT2D eigenvalue weighted by Crippen LogP contribution is -2.58. The van der Waals surface area contributed by atoms with Crippen LogP contribution in [0.4, 0.5) is 16.2 Å². The molecule has 5 aliphatic rings. The zero-order chi connectivity index (χ0) is 63.6. The van der Waals surface area contributed by atoms with Crippen molar-refractivity contribution in [3.8, 4) is 17.2 Å². The first-order chi connectivity index (χ1) is 42.8. The summed E-state index contributed by atoms with van der Waals surface area (Å²) in [5.74, 6) is -1.70. The van der Waals surface area contributed by atoms with E-state index in [1.807, 2.05) is 12.3 Å². The topological polar surface area (TPSA) is 314 Å². The van der Waals surface area contributed by atoms with E-state index in [-0.39, 0.29) is 108 Å². The van der Waals surface area contributed by atoms with Gasteiger partial charge in [-0.25, -0.2) is 14.3 Å². The maximum Gasteiger partial charge on any atom is 0.524 e. The highest BCUT2D eigenvalue weighted by Crippen LogP contribution is 2.50. The zero-order valence-corrected chi connectivity index (χ0v) is 52.6. The van der Waals surface area contributed by atoms with Crippen molar-refractivity contribution in [2.75, 3.05) is 68.4 Å². The molecule has 2 saturated heterocycles. The Morgan fingerprint density at radius 2 is 1.60 bits per heavy atom. The van der Waals surface area contributed by atoms with Gasteiger partial charge in [0, 0.05) is 74.8 Å². The molecule has 3 fully saturated rings. The molecule has 7 amide bonds. The number of aliphatic hydroxyl groups excluding tert-OH is 1. The first kappa shape index (κ1) is 66.6. The van der Waals surface area contributed by atoms with Crippen molar-refractivity contribution in [3.63, 3.8) is 0 Å². The van der Waals surface area contributed by atoms with E-state index in [4.69, 9.17) is 36.1 Å². The van der Waals surface area contributed by atoms with Crippen molar-refractivity contribution >= 4 is 101 Å². The predicted octanol–water partition coefficient (Wildman–Crippen LogP) is 7.38. The number of carbonyl (C=O) groups is 8. The van der Waals surface area contributed by atoms with Crippen LogP contribution >= 0.6 is 31.2 Å². The number of rotatable bonds is 30. The number of benzene rings is 4. The largest absolute Gasteiger partial charge is 0.524 e. The molecule has 4 aliphatic heterocycles. The van der Waals surface area contributed by atoms with Crippen LogP contribution in [0.2, 0.25) is 0 Å². The van der Waals surface area contributed by atoms with Gasteiger partial charge in [0.05, 0.1) is 48.0 Å². The highest BCUT2D eigenvalue weighted by molar-refractivity contribution is 8.00. The second-order valence-electron chi connectivity index (χ2n) is 23.4. The van der Waals surface area contributed by atoms with Crippen molar-refractivity contribution in [1.29, 1.82) is 0 Å². The second-order valence-corrected chi connectivity index (χ2v) is 25.9. The van der Waals surface area contributed by atoms with E-state index in [2.05, 4.69) is 10.6 Å². The Morgan fingerprint density at radius 1 is 0.865 bits per heavy atom. The number of methoxy groups -OCH3 is 1. The molecule has 9 rings (SSSR count). The van der Waals surface area contributed by atoms with Gasteiger partial charge in [-0.15, -0.1) is 11.6 Å². The molecule has 4 aromatic carbocycles. The van der Waals surface area contributed by atoms with Gasteiger partial charge in [-0.05, 0) is 124 Å². The van der Waals surface area contributed by atoms with Gasteiger partial charge in [0.25, 0.3) is 5.91 Å². The van der Waals surface area contributed by atoms with Crippen LogP contribution in [0.3, 0.4) is 0 Å². The Labute approximate surface area is 526 Å². The molecule has 26 heteroatoms. The number of hydrogen-bond donors (Lipinski definition) is 6. The average molecular weight is 1290 g/mol. The highest BCUT2D eigenvalue weighted by Gasteiger charge is 2.52. The molecular weight excluding hydrogens is 1210 g/mol.